The molecular weight excluding hydrogens is 204 g/mol. The van der Waals surface area contributed by atoms with E-state index in [-0.39, 0.29) is 17.6 Å². The fourth-order valence-electron chi connectivity index (χ4n) is 1.57. The van der Waals surface area contributed by atoms with E-state index in [1.165, 1.54) is 7.11 Å². The Morgan fingerprint density at radius 3 is 2.62 bits per heavy atom. The minimum atomic E-state index is -0.236. The zero-order valence-corrected chi connectivity index (χ0v) is 9.35. The highest BCUT2D eigenvalue weighted by Crippen LogP contribution is 2.25. The van der Waals surface area contributed by atoms with Crippen molar-refractivity contribution >= 4 is 5.97 Å². The maximum atomic E-state index is 11.2. The number of hydrogen-bond donors (Lipinski definition) is 1. The Kier molecular flexibility index (Phi) is 4.58. The lowest BCUT2D eigenvalue weighted by Gasteiger charge is -2.14. The average molecular weight is 220 g/mol. The van der Waals surface area contributed by atoms with E-state index in [4.69, 9.17) is 0 Å². The summed E-state index contributed by atoms with van der Waals surface area (Å²) in [4.78, 5) is 11.2. The van der Waals surface area contributed by atoms with Gasteiger partial charge in [-0.05, 0) is 30.0 Å². The summed E-state index contributed by atoms with van der Waals surface area (Å²) in [7, 11) is 1.38. The van der Waals surface area contributed by atoms with Crippen molar-refractivity contribution in [2.24, 2.45) is 0 Å². The summed E-state index contributed by atoms with van der Waals surface area (Å²) in [6.07, 6.45) is 2.81. The van der Waals surface area contributed by atoms with E-state index >= 15 is 0 Å². The molecule has 1 aromatic rings. The minimum Gasteiger partial charge on any atom is -0.508 e. The van der Waals surface area contributed by atoms with Crippen molar-refractivity contribution in [3.8, 4) is 5.75 Å². The topological polar surface area (TPSA) is 46.5 Å². The number of benzene rings is 1. The molecule has 0 saturated heterocycles. The summed E-state index contributed by atoms with van der Waals surface area (Å²) in [5, 5.41) is 9.18. The Bertz CT molecular complexity index is 354. The van der Waals surface area contributed by atoms with Gasteiger partial charge in [0.15, 0.2) is 0 Å². The van der Waals surface area contributed by atoms with Crippen LogP contribution in [-0.4, -0.2) is 18.2 Å². The highest BCUT2D eigenvalue weighted by molar-refractivity contribution is 5.70. The number of carbonyl (C=O) groups excluding carboxylic acids is 1. The molecule has 0 aliphatic rings. The van der Waals surface area contributed by atoms with Gasteiger partial charge in [-0.25, -0.2) is 0 Å². The van der Waals surface area contributed by atoms with Crippen molar-refractivity contribution in [2.45, 2.75) is 18.8 Å². The van der Waals surface area contributed by atoms with Crippen molar-refractivity contribution < 1.29 is 14.6 Å². The molecule has 0 saturated carbocycles. The van der Waals surface area contributed by atoms with Crippen LogP contribution in [0, 0.1) is 0 Å². The molecule has 86 valence electrons. The third kappa shape index (κ3) is 3.42. The number of hydrogen-bond acceptors (Lipinski definition) is 3. The van der Waals surface area contributed by atoms with E-state index in [1.807, 2.05) is 12.1 Å². The number of allylic oxidation sites excluding steroid dienone is 1. The number of phenols is 1. The number of rotatable bonds is 5. The van der Waals surface area contributed by atoms with Crippen LogP contribution in [0.2, 0.25) is 0 Å². The second-order valence-corrected chi connectivity index (χ2v) is 3.59. The van der Waals surface area contributed by atoms with E-state index in [2.05, 4.69) is 11.3 Å². The van der Waals surface area contributed by atoms with E-state index in [0.29, 0.717) is 12.8 Å². The molecule has 0 aliphatic carbocycles. The van der Waals surface area contributed by atoms with E-state index in [0.717, 1.165) is 5.56 Å². The van der Waals surface area contributed by atoms with Gasteiger partial charge < -0.3 is 9.84 Å². The molecule has 16 heavy (non-hydrogen) atoms. The van der Waals surface area contributed by atoms with Crippen LogP contribution in [0.3, 0.4) is 0 Å². The Morgan fingerprint density at radius 2 is 2.12 bits per heavy atom. The van der Waals surface area contributed by atoms with Gasteiger partial charge in [-0.15, -0.1) is 6.58 Å². The molecule has 0 aliphatic heterocycles. The van der Waals surface area contributed by atoms with Gasteiger partial charge in [-0.1, -0.05) is 18.2 Å². The molecule has 0 radical (unpaired) electrons. The second kappa shape index (κ2) is 5.95. The first-order chi connectivity index (χ1) is 7.67. The van der Waals surface area contributed by atoms with Gasteiger partial charge in [-0.2, -0.15) is 0 Å². The number of phenolic OH excluding ortho intramolecular Hbond substituents is 1. The van der Waals surface area contributed by atoms with Crippen molar-refractivity contribution in [1.82, 2.24) is 0 Å². The van der Waals surface area contributed by atoms with Gasteiger partial charge in [0.1, 0.15) is 5.75 Å². The zero-order valence-electron chi connectivity index (χ0n) is 9.35. The van der Waals surface area contributed by atoms with Crippen LogP contribution in [0.15, 0.2) is 36.9 Å². The standard InChI is InChI=1S/C13H16O3/c1-3-4-11(9-13(15)16-2)10-5-7-12(14)8-6-10/h3,5-8,11,14H,1,4,9H2,2H3/t11-/m0/s1. The smallest absolute Gasteiger partial charge is 0.306 e. The molecule has 1 rings (SSSR count). The highest BCUT2D eigenvalue weighted by atomic mass is 16.5. The minimum absolute atomic E-state index is 0.0607. The van der Waals surface area contributed by atoms with Crippen LogP contribution >= 0.6 is 0 Å². The lowest BCUT2D eigenvalue weighted by molar-refractivity contribution is -0.141. The molecule has 3 heteroatoms. The number of methoxy groups -OCH3 is 1. The first-order valence-corrected chi connectivity index (χ1v) is 5.14. The molecule has 0 spiro atoms. The molecule has 0 fully saturated rings. The number of carbonyl (C=O) groups is 1. The molecule has 0 heterocycles. The molecule has 0 amide bonds. The Hall–Kier alpha value is -1.77. The lowest BCUT2D eigenvalue weighted by atomic mass is 9.92. The van der Waals surface area contributed by atoms with Crippen LogP contribution in [0.4, 0.5) is 0 Å². The van der Waals surface area contributed by atoms with Crippen molar-refractivity contribution in [3.63, 3.8) is 0 Å². The quantitative estimate of drug-likeness (QED) is 0.613. The fourth-order valence-corrected chi connectivity index (χ4v) is 1.57. The van der Waals surface area contributed by atoms with Crippen LogP contribution < -0.4 is 0 Å². The molecule has 1 atom stereocenters. The summed E-state index contributed by atoms with van der Waals surface area (Å²) in [6, 6.07) is 6.85. The number of aromatic hydroxyl groups is 1. The summed E-state index contributed by atoms with van der Waals surface area (Å²) >= 11 is 0. The van der Waals surface area contributed by atoms with E-state index in [1.54, 1.807) is 18.2 Å². The third-order valence-electron chi connectivity index (χ3n) is 2.46. The SMILES string of the molecule is C=CC[C@@H](CC(=O)OC)c1ccc(O)cc1. The van der Waals surface area contributed by atoms with Crippen LogP contribution in [-0.2, 0) is 9.53 Å². The van der Waals surface area contributed by atoms with Crippen LogP contribution in [0.1, 0.15) is 24.3 Å². The van der Waals surface area contributed by atoms with Gasteiger partial charge in [0.2, 0.25) is 0 Å². The van der Waals surface area contributed by atoms with Crippen LogP contribution in [0.25, 0.3) is 0 Å². The third-order valence-corrected chi connectivity index (χ3v) is 2.46. The van der Waals surface area contributed by atoms with Gasteiger partial charge in [-0.3, -0.25) is 4.79 Å². The first kappa shape index (κ1) is 12.3. The second-order valence-electron chi connectivity index (χ2n) is 3.59. The first-order valence-electron chi connectivity index (χ1n) is 5.14. The fraction of sp³-hybridized carbons (Fsp3) is 0.308. The monoisotopic (exact) mass is 220 g/mol. The Balaban J connectivity index is 2.80. The molecule has 0 bridgehead atoms. The average Bonchev–Trinajstić information content (AvgIpc) is 2.29. The van der Waals surface area contributed by atoms with E-state index in [9.17, 15) is 9.90 Å². The predicted octanol–water partition coefficient (Wildman–Crippen LogP) is 2.62. The highest BCUT2D eigenvalue weighted by Gasteiger charge is 2.14. The predicted molar refractivity (Wildman–Crippen MR) is 62.3 cm³/mol. The Labute approximate surface area is 95.4 Å². The van der Waals surface area contributed by atoms with Crippen molar-refractivity contribution in [2.75, 3.05) is 7.11 Å². The van der Waals surface area contributed by atoms with Gasteiger partial charge >= 0.3 is 5.97 Å². The van der Waals surface area contributed by atoms with Crippen LogP contribution in [0.5, 0.6) is 5.75 Å². The van der Waals surface area contributed by atoms with Gasteiger partial charge in [0.05, 0.1) is 13.5 Å². The maximum Gasteiger partial charge on any atom is 0.306 e. The Morgan fingerprint density at radius 1 is 1.50 bits per heavy atom. The zero-order chi connectivity index (χ0) is 12.0. The maximum absolute atomic E-state index is 11.2. The summed E-state index contributed by atoms with van der Waals surface area (Å²) < 4.78 is 4.65. The number of ether oxygens (including phenoxy) is 1. The van der Waals surface area contributed by atoms with E-state index < -0.39 is 0 Å². The summed E-state index contributed by atoms with van der Waals surface area (Å²) in [5.74, 6) is 0.0460. The summed E-state index contributed by atoms with van der Waals surface area (Å²) in [6.45, 7) is 3.68. The lowest BCUT2D eigenvalue weighted by Crippen LogP contribution is -2.08. The van der Waals surface area contributed by atoms with Crippen molar-refractivity contribution in [1.29, 1.82) is 0 Å². The van der Waals surface area contributed by atoms with Gasteiger partial charge in [0, 0.05) is 0 Å². The molecule has 1 N–H and O–H groups in total. The molecular formula is C13H16O3. The molecule has 1 aromatic carbocycles. The molecule has 0 unspecified atom stereocenters. The molecule has 3 nitrogen and oxygen atoms in total. The number of esters is 1. The van der Waals surface area contributed by atoms with Gasteiger partial charge in [0.25, 0.3) is 0 Å². The summed E-state index contributed by atoms with van der Waals surface area (Å²) in [5.41, 5.74) is 1.00. The largest absolute Gasteiger partial charge is 0.508 e. The van der Waals surface area contributed by atoms with Crippen molar-refractivity contribution in [3.05, 3.63) is 42.5 Å². The molecule has 0 aromatic heterocycles. The normalized spacial score (nSPS) is 11.8.